The van der Waals surface area contributed by atoms with Crippen LogP contribution in [0.25, 0.3) is 5.57 Å². The van der Waals surface area contributed by atoms with E-state index >= 15 is 0 Å². The van der Waals surface area contributed by atoms with Gasteiger partial charge in [-0.1, -0.05) is 54.1 Å². The van der Waals surface area contributed by atoms with Crippen LogP contribution >= 0.6 is 11.6 Å². The average molecular weight is 441 g/mol. The number of benzene rings is 2. The lowest BCUT2D eigenvalue weighted by Gasteiger charge is -2.35. The molecule has 0 N–H and O–H groups in total. The number of hydrogen-bond donors (Lipinski definition) is 0. The Morgan fingerprint density at radius 1 is 0.839 bits per heavy atom. The minimum atomic E-state index is -0.538. The fourth-order valence-electron chi connectivity index (χ4n) is 4.52. The van der Waals surface area contributed by atoms with Gasteiger partial charge in [-0.2, -0.15) is 0 Å². The highest BCUT2D eigenvalue weighted by molar-refractivity contribution is 6.30. The molecule has 31 heavy (non-hydrogen) atoms. The number of amides is 2. The van der Waals surface area contributed by atoms with Gasteiger partial charge in [0.05, 0.1) is 25.3 Å². The summed E-state index contributed by atoms with van der Waals surface area (Å²) < 4.78 is 10.6. The summed E-state index contributed by atoms with van der Waals surface area (Å²) in [5.41, 5.74) is 4.03. The number of halogens is 1. The Bertz CT molecular complexity index is 956. The zero-order chi connectivity index (χ0) is 22.0. The van der Waals surface area contributed by atoms with Crippen LogP contribution in [0.3, 0.4) is 0 Å². The molecule has 1 aliphatic heterocycles. The van der Waals surface area contributed by atoms with E-state index in [9.17, 15) is 9.59 Å². The number of hydrogen-bond acceptors (Lipinski definition) is 4. The number of fused-ring (bicyclic) bond motifs is 2. The zero-order valence-electron chi connectivity index (χ0n) is 17.6. The van der Waals surface area contributed by atoms with Crippen LogP contribution in [0.5, 0.6) is 0 Å². The van der Waals surface area contributed by atoms with Crippen molar-refractivity contribution in [3.05, 3.63) is 76.3 Å². The molecule has 1 saturated heterocycles. The van der Waals surface area contributed by atoms with Gasteiger partial charge in [0, 0.05) is 5.02 Å². The van der Waals surface area contributed by atoms with Gasteiger partial charge in [0.1, 0.15) is 0 Å². The monoisotopic (exact) mass is 440 g/mol. The molecule has 2 aromatic carbocycles. The van der Waals surface area contributed by atoms with Crippen molar-refractivity contribution in [2.45, 2.75) is 38.8 Å². The quantitative estimate of drug-likeness (QED) is 0.628. The van der Waals surface area contributed by atoms with Crippen molar-refractivity contribution in [1.82, 2.24) is 10.0 Å². The molecule has 2 bridgehead atoms. The van der Waals surface area contributed by atoms with Crippen LogP contribution < -0.4 is 0 Å². The Labute approximate surface area is 187 Å². The number of ether oxygens (including phenoxy) is 2. The summed E-state index contributed by atoms with van der Waals surface area (Å²) in [5.74, 6) is 0. The molecule has 7 heteroatoms. The molecule has 2 atom stereocenters. The third kappa shape index (κ3) is 3.88. The number of carbonyl (C=O) groups is 2. The van der Waals surface area contributed by atoms with Gasteiger partial charge in [0.2, 0.25) is 0 Å². The molecule has 1 heterocycles. The first-order chi connectivity index (χ1) is 15.1. The predicted octanol–water partition coefficient (Wildman–Crippen LogP) is 5.52. The fourth-order valence-corrected chi connectivity index (χ4v) is 4.65. The van der Waals surface area contributed by atoms with Gasteiger partial charge in [0.25, 0.3) is 0 Å². The standard InChI is InChI=1S/C24H25ClN2O4/c1-3-30-23(28)26-19-14-15-20(27(26)24(29)31-4-2)22(19)21(16-8-6-5-7-9-16)17-10-12-18(25)13-11-17/h5-13,19-20H,3-4,14-15H2,1-2H3. The van der Waals surface area contributed by atoms with E-state index in [1.165, 1.54) is 10.0 Å². The number of carbonyl (C=O) groups excluding carboxylic acids is 2. The van der Waals surface area contributed by atoms with Gasteiger partial charge in [-0.15, -0.1) is 0 Å². The highest BCUT2D eigenvalue weighted by Gasteiger charge is 2.55. The molecule has 0 radical (unpaired) electrons. The van der Waals surface area contributed by atoms with Crippen molar-refractivity contribution < 1.29 is 19.1 Å². The molecular weight excluding hydrogens is 416 g/mol. The highest BCUT2D eigenvalue weighted by atomic mass is 35.5. The van der Waals surface area contributed by atoms with Crippen LogP contribution in [0, 0.1) is 0 Å². The first kappa shape index (κ1) is 21.2. The molecule has 2 aliphatic rings. The molecule has 6 nitrogen and oxygen atoms in total. The van der Waals surface area contributed by atoms with Crippen molar-refractivity contribution in [2.24, 2.45) is 0 Å². The molecule has 2 fully saturated rings. The van der Waals surface area contributed by atoms with Crippen LogP contribution in [0.15, 0.2) is 60.2 Å². The third-order valence-electron chi connectivity index (χ3n) is 5.65. The molecule has 2 amide bonds. The Hall–Kier alpha value is -2.99. The van der Waals surface area contributed by atoms with Crippen LogP contribution in [0.1, 0.15) is 37.8 Å². The molecule has 0 aromatic heterocycles. The molecule has 162 valence electrons. The van der Waals surface area contributed by atoms with Crippen LogP contribution in [0.2, 0.25) is 5.02 Å². The van der Waals surface area contributed by atoms with Crippen molar-refractivity contribution >= 4 is 29.4 Å². The van der Waals surface area contributed by atoms with Crippen LogP contribution in [-0.2, 0) is 9.47 Å². The normalized spacial score (nSPS) is 19.5. The summed E-state index contributed by atoms with van der Waals surface area (Å²) in [6.07, 6.45) is 0.421. The van der Waals surface area contributed by atoms with E-state index in [0.29, 0.717) is 5.02 Å². The smallest absolute Gasteiger partial charge is 0.429 e. The summed E-state index contributed by atoms with van der Waals surface area (Å²) in [5, 5.41) is 3.52. The first-order valence-corrected chi connectivity index (χ1v) is 10.9. The summed E-state index contributed by atoms with van der Waals surface area (Å²) in [6, 6.07) is 17.1. The number of nitrogens with zero attached hydrogens (tertiary/aromatic N) is 2. The Balaban J connectivity index is 1.90. The lowest BCUT2D eigenvalue weighted by molar-refractivity contribution is -0.0378. The minimum Gasteiger partial charge on any atom is -0.448 e. The maximum Gasteiger partial charge on any atom is 0.429 e. The fraction of sp³-hybridized carbons (Fsp3) is 0.333. The maximum absolute atomic E-state index is 12.9. The SMILES string of the molecule is CCOC(=O)N1C2CCC(C2=C(c2ccccc2)c2ccc(Cl)cc2)N1C(=O)OCC. The second kappa shape index (κ2) is 9.02. The minimum absolute atomic E-state index is 0.227. The number of rotatable bonds is 4. The van der Waals surface area contributed by atoms with Crippen molar-refractivity contribution in [2.75, 3.05) is 13.2 Å². The van der Waals surface area contributed by atoms with Gasteiger partial charge in [-0.25, -0.2) is 19.6 Å². The lowest BCUT2D eigenvalue weighted by Crippen LogP contribution is -2.53. The molecule has 2 unspecified atom stereocenters. The largest absolute Gasteiger partial charge is 0.448 e. The van der Waals surface area contributed by atoms with E-state index in [1.54, 1.807) is 13.8 Å². The zero-order valence-corrected chi connectivity index (χ0v) is 18.3. The van der Waals surface area contributed by atoms with Crippen molar-refractivity contribution in [3.63, 3.8) is 0 Å². The van der Waals surface area contributed by atoms with Crippen molar-refractivity contribution in [1.29, 1.82) is 0 Å². The van der Waals surface area contributed by atoms with Gasteiger partial charge in [-0.3, -0.25) is 0 Å². The van der Waals surface area contributed by atoms with E-state index in [4.69, 9.17) is 21.1 Å². The summed E-state index contributed by atoms with van der Waals surface area (Å²) in [6.45, 7) is 3.96. The Morgan fingerprint density at radius 2 is 1.32 bits per heavy atom. The predicted molar refractivity (Wildman–Crippen MR) is 118 cm³/mol. The Morgan fingerprint density at radius 3 is 1.81 bits per heavy atom. The Kier molecular flexibility index (Phi) is 6.18. The average Bonchev–Trinajstić information content (AvgIpc) is 3.32. The molecule has 1 saturated carbocycles. The van der Waals surface area contributed by atoms with Gasteiger partial charge in [-0.05, 0) is 61.1 Å². The molecular formula is C24H25ClN2O4. The molecule has 4 rings (SSSR count). The topological polar surface area (TPSA) is 59.1 Å². The molecule has 2 aromatic rings. The summed E-state index contributed by atoms with van der Waals surface area (Å²) in [7, 11) is 0. The van der Waals surface area contributed by atoms with E-state index in [0.717, 1.165) is 35.1 Å². The van der Waals surface area contributed by atoms with E-state index in [2.05, 4.69) is 0 Å². The van der Waals surface area contributed by atoms with E-state index < -0.39 is 12.2 Å². The van der Waals surface area contributed by atoms with Crippen molar-refractivity contribution in [3.8, 4) is 0 Å². The lowest BCUT2D eigenvalue weighted by atomic mass is 9.90. The third-order valence-corrected chi connectivity index (χ3v) is 5.90. The first-order valence-electron chi connectivity index (χ1n) is 10.5. The van der Waals surface area contributed by atoms with Gasteiger partial charge < -0.3 is 9.47 Å². The molecule has 1 aliphatic carbocycles. The van der Waals surface area contributed by atoms with Crippen LogP contribution in [0.4, 0.5) is 9.59 Å². The van der Waals surface area contributed by atoms with Gasteiger partial charge in [0.15, 0.2) is 0 Å². The number of hydrazine groups is 1. The highest BCUT2D eigenvalue weighted by Crippen LogP contribution is 2.47. The van der Waals surface area contributed by atoms with E-state index in [1.807, 2.05) is 54.6 Å². The van der Waals surface area contributed by atoms with E-state index in [-0.39, 0.29) is 25.3 Å². The summed E-state index contributed by atoms with van der Waals surface area (Å²) in [4.78, 5) is 25.7. The van der Waals surface area contributed by atoms with Gasteiger partial charge >= 0.3 is 12.2 Å². The second-order valence-electron chi connectivity index (χ2n) is 7.40. The second-order valence-corrected chi connectivity index (χ2v) is 7.84. The summed E-state index contributed by atoms with van der Waals surface area (Å²) >= 11 is 6.14. The molecule has 0 spiro atoms. The van der Waals surface area contributed by atoms with Crippen LogP contribution in [-0.4, -0.2) is 47.5 Å². The maximum atomic E-state index is 12.9.